The van der Waals surface area contributed by atoms with Crippen LogP contribution in [0.4, 0.5) is 0 Å². The molecule has 2 aliphatic rings. The van der Waals surface area contributed by atoms with E-state index in [1.165, 1.54) is 11.1 Å². The van der Waals surface area contributed by atoms with E-state index in [-0.39, 0.29) is 0 Å². The first kappa shape index (κ1) is 16.7. The van der Waals surface area contributed by atoms with Crippen molar-refractivity contribution < 1.29 is 20.1 Å². The Morgan fingerprint density at radius 2 is 1.04 bits per heavy atom. The lowest BCUT2D eigenvalue weighted by atomic mass is 9.79. The van der Waals surface area contributed by atoms with Crippen molar-refractivity contribution in [3.8, 4) is 0 Å². The highest BCUT2D eigenvalue weighted by Gasteiger charge is 2.14. The zero-order chi connectivity index (χ0) is 17.1. The van der Waals surface area contributed by atoms with Crippen LogP contribution in [0.3, 0.4) is 0 Å². The Hall–Kier alpha value is -2.11. The van der Waals surface area contributed by atoms with Gasteiger partial charge in [0.25, 0.3) is 0 Å². The molecule has 0 atom stereocenters. The molecule has 0 heterocycles. The van der Waals surface area contributed by atoms with Crippen LogP contribution in [0, 0.1) is 0 Å². The average Bonchev–Trinajstić information content (AvgIpc) is 3.22. The van der Waals surface area contributed by atoms with Crippen LogP contribution in [0.15, 0.2) is 48.6 Å². The Morgan fingerprint density at radius 1 is 0.625 bits per heavy atom. The highest BCUT2D eigenvalue weighted by atomic mass is 16.4. The standard InChI is InChI=1S/2C9H9BO2/c2*11-10(12)9-5-4-7-2-1-3-8(7)6-9/h2*1,3-6,11-12H,2H2. The lowest BCUT2D eigenvalue weighted by Crippen LogP contribution is -2.29. The van der Waals surface area contributed by atoms with E-state index in [0.29, 0.717) is 10.9 Å². The molecule has 120 valence electrons. The summed E-state index contributed by atoms with van der Waals surface area (Å²) >= 11 is 0. The Kier molecular flexibility index (Phi) is 5.02. The Bertz CT molecular complexity index is 730. The molecule has 0 bridgehead atoms. The van der Waals surface area contributed by atoms with Gasteiger partial charge in [0.1, 0.15) is 0 Å². The molecule has 0 saturated carbocycles. The van der Waals surface area contributed by atoms with Gasteiger partial charge in [-0.2, -0.15) is 0 Å². The predicted octanol–water partition coefficient (Wildman–Crippen LogP) is -0.129. The van der Waals surface area contributed by atoms with Gasteiger partial charge in [-0.15, -0.1) is 0 Å². The van der Waals surface area contributed by atoms with Crippen LogP contribution in [0.25, 0.3) is 12.2 Å². The predicted molar refractivity (Wildman–Crippen MR) is 98.0 cm³/mol. The molecule has 2 aromatic rings. The van der Waals surface area contributed by atoms with E-state index in [9.17, 15) is 0 Å². The van der Waals surface area contributed by atoms with Crippen LogP contribution < -0.4 is 10.9 Å². The van der Waals surface area contributed by atoms with Gasteiger partial charge < -0.3 is 20.1 Å². The van der Waals surface area contributed by atoms with Crippen molar-refractivity contribution in [3.05, 3.63) is 70.8 Å². The van der Waals surface area contributed by atoms with Crippen LogP contribution in [0.5, 0.6) is 0 Å². The van der Waals surface area contributed by atoms with Gasteiger partial charge in [0, 0.05) is 0 Å². The maximum absolute atomic E-state index is 8.89. The fourth-order valence-electron chi connectivity index (χ4n) is 2.86. The van der Waals surface area contributed by atoms with Gasteiger partial charge in [-0.1, -0.05) is 60.7 Å². The minimum absolute atomic E-state index is 0.556. The van der Waals surface area contributed by atoms with Gasteiger partial charge >= 0.3 is 14.2 Å². The van der Waals surface area contributed by atoms with Crippen LogP contribution in [0.2, 0.25) is 0 Å². The Balaban J connectivity index is 0.000000141. The molecule has 0 unspecified atom stereocenters. The second kappa shape index (κ2) is 7.20. The largest absolute Gasteiger partial charge is 0.488 e. The summed E-state index contributed by atoms with van der Waals surface area (Å²) in [4.78, 5) is 0. The zero-order valence-electron chi connectivity index (χ0n) is 13.1. The number of hydrogen-bond donors (Lipinski definition) is 4. The van der Waals surface area contributed by atoms with E-state index in [1.54, 1.807) is 12.1 Å². The molecule has 4 rings (SSSR count). The molecule has 6 heteroatoms. The molecule has 0 spiro atoms. The molecule has 2 aliphatic carbocycles. The third-order valence-corrected chi connectivity index (χ3v) is 4.21. The van der Waals surface area contributed by atoms with Gasteiger partial charge in [0.2, 0.25) is 0 Å². The topological polar surface area (TPSA) is 80.9 Å². The molecular formula is C18H18B2O4. The molecule has 0 saturated heterocycles. The number of allylic oxidation sites excluding steroid dienone is 2. The maximum Gasteiger partial charge on any atom is 0.488 e. The smallest absolute Gasteiger partial charge is 0.423 e. The monoisotopic (exact) mass is 320 g/mol. The number of fused-ring (bicyclic) bond motifs is 2. The van der Waals surface area contributed by atoms with Crippen LogP contribution in [0.1, 0.15) is 22.3 Å². The molecule has 0 aliphatic heterocycles. The van der Waals surface area contributed by atoms with Crippen LogP contribution in [-0.2, 0) is 12.8 Å². The minimum Gasteiger partial charge on any atom is -0.423 e. The molecule has 2 aromatic carbocycles. The summed E-state index contributed by atoms with van der Waals surface area (Å²) < 4.78 is 0. The van der Waals surface area contributed by atoms with Gasteiger partial charge in [-0.05, 0) is 46.0 Å². The second-order valence-electron chi connectivity index (χ2n) is 5.88. The first-order valence-electron chi connectivity index (χ1n) is 7.85. The molecule has 0 radical (unpaired) electrons. The van der Waals surface area contributed by atoms with Crippen molar-refractivity contribution in [3.63, 3.8) is 0 Å². The van der Waals surface area contributed by atoms with Crippen molar-refractivity contribution in [2.45, 2.75) is 12.8 Å². The van der Waals surface area contributed by atoms with Crippen molar-refractivity contribution in [1.29, 1.82) is 0 Å². The van der Waals surface area contributed by atoms with E-state index in [1.807, 2.05) is 36.4 Å². The molecule has 24 heavy (non-hydrogen) atoms. The Labute approximate surface area is 141 Å². The summed E-state index contributed by atoms with van der Waals surface area (Å²) in [6, 6.07) is 11.0. The van der Waals surface area contributed by atoms with E-state index < -0.39 is 14.2 Å². The van der Waals surface area contributed by atoms with Crippen LogP contribution in [-0.4, -0.2) is 34.3 Å². The highest BCUT2D eigenvalue weighted by molar-refractivity contribution is 6.59. The normalized spacial score (nSPS) is 13.2. The van der Waals surface area contributed by atoms with Crippen LogP contribution >= 0.6 is 0 Å². The average molecular weight is 320 g/mol. The second-order valence-corrected chi connectivity index (χ2v) is 5.88. The fraction of sp³-hybridized carbons (Fsp3) is 0.111. The van der Waals surface area contributed by atoms with E-state index in [2.05, 4.69) is 12.2 Å². The molecule has 0 amide bonds. The first-order valence-corrected chi connectivity index (χ1v) is 7.85. The first-order chi connectivity index (χ1) is 11.5. The van der Waals surface area contributed by atoms with Crippen molar-refractivity contribution in [2.24, 2.45) is 0 Å². The summed E-state index contributed by atoms with van der Waals surface area (Å²) in [6.45, 7) is 0. The van der Waals surface area contributed by atoms with Crippen molar-refractivity contribution >= 4 is 37.3 Å². The van der Waals surface area contributed by atoms with E-state index in [4.69, 9.17) is 20.1 Å². The SMILES string of the molecule is OB(O)c1ccc2c(c1)C=CC2.OB(O)c1ccc2c(c1)C=CC2. The third kappa shape index (κ3) is 3.68. The fourth-order valence-corrected chi connectivity index (χ4v) is 2.86. The highest BCUT2D eigenvalue weighted by Crippen LogP contribution is 2.18. The molecule has 4 nitrogen and oxygen atoms in total. The lowest BCUT2D eigenvalue weighted by Gasteiger charge is -2.02. The number of rotatable bonds is 2. The van der Waals surface area contributed by atoms with E-state index in [0.717, 1.165) is 24.0 Å². The summed E-state index contributed by atoms with van der Waals surface area (Å²) in [5, 5.41) is 35.5. The number of hydrogen-bond acceptors (Lipinski definition) is 4. The zero-order valence-corrected chi connectivity index (χ0v) is 13.1. The molecule has 0 aromatic heterocycles. The molecular weight excluding hydrogens is 302 g/mol. The van der Waals surface area contributed by atoms with Crippen molar-refractivity contribution in [2.75, 3.05) is 0 Å². The van der Waals surface area contributed by atoms with Crippen molar-refractivity contribution in [1.82, 2.24) is 0 Å². The maximum atomic E-state index is 8.89. The number of benzene rings is 2. The Morgan fingerprint density at radius 3 is 1.42 bits per heavy atom. The third-order valence-electron chi connectivity index (χ3n) is 4.21. The minimum atomic E-state index is -1.36. The van der Waals surface area contributed by atoms with Gasteiger partial charge in [0.15, 0.2) is 0 Å². The summed E-state index contributed by atoms with van der Waals surface area (Å²) in [5.74, 6) is 0. The summed E-state index contributed by atoms with van der Waals surface area (Å²) in [7, 11) is -2.71. The van der Waals surface area contributed by atoms with Gasteiger partial charge in [0.05, 0.1) is 0 Å². The van der Waals surface area contributed by atoms with Gasteiger partial charge in [-0.25, -0.2) is 0 Å². The molecule has 0 fully saturated rings. The lowest BCUT2D eigenvalue weighted by molar-refractivity contribution is 0.424. The van der Waals surface area contributed by atoms with E-state index >= 15 is 0 Å². The summed E-state index contributed by atoms with van der Waals surface area (Å²) in [6.07, 6.45) is 10.0. The van der Waals surface area contributed by atoms with Gasteiger partial charge in [-0.3, -0.25) is 0 Å². The summed E-state index contributed by atoms with van der Waals surface area (Å²) in [5.41, 5.74) is 5.81. The molecule has 4 N–H and O–H groups in total. The quantitative estimate of drug-likeness (QED) is 0.581.